The number of aliphatic carboxylic acids is 1. The zero-order valence-corrected chi connectivity index (χ0v) is 6.44. The Bertz CT molecular complexity index is 345. The third kappa shape index (κ3) is 1.69. The summed E-state index contributed by atoms with van der Waals surface area (Å²) in [6.07, 6.45) is 1.19. The van der Waals surface area contributed by atoms with Crippen molar-refractivity contribution in [2.75, 3.05) is 0 Å². The highest BCUT2D eigenvalue weighted by Gasteiger charge is 2.14. The van der Waals surface area contributed by atoms with Gasteiger partial charge in [0, 0.05) is 6.07 Å². The summed E-state index contributed by atoms with van der Waals surface area (Å²) >= 11 is 0. The molecule has 0 aliphatic heterocycles. The third-order valence-electron chi connectivity index (χ3n) is 1.51. The molecule has 5 heteroatoms. The molecule has 0 aliphatic rings. The van der Waals surface area contributed by atoms with E-state index in [-0.39, 0.29) is 11.3 Å². The van der Waals surface area contributed by atoms with Gasteiger partial charge in [-0.2, -0.15) is 0 Å². The maximum atomic E-state index is 10.7. The maximum absolute atomic E-state index is 10.7. The Balaban J connectivity index is 3.03. The summed E-state index contributed by atoms with van der Waals surface area (Å²) in [5.74, 6) is -1.74. The molecule has 1 rings (SSSR count). The molecule has 5 nitrogen and oxygen atoms in total. The van der Waals surface area contributed by atoms with Crippen LogP contribution in [0.25, 0.3) is 0 Å². The molecular weight excluding hydrogens is 160 g/mol. The lowest BCUT2D eigenvalue weighted by atomic mass is 10.1. The fraction of sp³-hybridized carbons (Fsp3) is 0.286. The topological polar surface area (TPSA) is 83.0 Å². The van der Waals surface area contributed by atoms with Crippen LogP contribution in [-0.2, 0) is 4.79 Å². The number of rotatable bonds is 2. The molecule has 1 aromatic rings. The van der Waals surface area contributed by atoms with E-state index < -0.39 is 11.9 Å². The molecule has 0 saturated carbocycles. The summed E-state index contributed by atoms with van der Waals surface area (Å²) in [5, 5.41) is 8.57. The van der Waals surface area contributed by atoms with Crippen molar-refractivity contribution >= 4 is 5.97 Å². The van der Waals surface area contributed by atoms with Crippen LogP contribution in [0.1, 0.15) is 18.5 Å². The van der Waals surface area contributed by atoms with Crippen molar-refractivity contribution in [2.24, 2.45) is 0 Å². The normalized spacial score (nSPS) is 12.4. The molecule has 0 bridgehead atoms. The summed E-state index contributed by atoms with van der Waals surface area (Å²) < 4.78 is 0. The van der Waals surface area contributed by atoms with Crippen molar-refractivity contribution in [3.05, 3.63) is 28.4 Å². The molecule has 0 fully saturated rings. The minimum Gasteiger partial charge on any atom is -0.481 e. The van der Waals surface area contributed by atoms with Gasteiger partial charge in [0.05, 0.1) is 17.9 Å². The Morgan fingerprint density at radius 1 is 1.75 bits per heavy atom. The van der Waals surface area contributed by atoms with Gasteiger partial charge in [-0.05, 0) is 6.92 Å². The van der Waals surface area contributed by atoms with Crippen LogP contribution in [-0.4, -0.2) is 21.0 Å². The molecule has 1 aromatic heterocycles. The largest absolute Gasteiger partial charge is 0.481 e. The molecule has 0 radical (unpaired) electrons. The van der Waals surface area contributed by atoms with Gasteiger partial charge in [0.25, 0.3) is 5.56 Å². The van der Waals surface area contributed by atoms with Gasteiger partial charge in [0.1, 0.15) is 0 Å². The number of hydrogen-bond donors (Lipinski definition) is 2. The molecule has 0 aliphatic carbocycles. The van der Waals surface area contributed by atoms with Crippen LogP contribution in [0.15, 0.2) is 17.2 Å². The van der Waals surface area contributed by atoms with Gasteiger partial charge < -0.3 is 10.1 Å². The van der Waals surface area contributed by atoms with Crippen LogP contribution >= 0.6 is 0 Å². The van der Waals surface area contributed by atoms with E-state index in [9.17, 15) is 9.59 Å². The lowest BCUT2D eigenvalue weighted by molar-refractivity contribution is -0.138. The highest BCUT2D eigenvalue weighted by molar-refractivity contribution is 5.74. The highest BCUT2D eigenvalue weighted by Crippen LogP contribution is 2.08. The molecule has 0 aromatic carbocycles. The van der Waals surface area contributed by atoms with E-state index >= 15 is 0 Å². The average molecular weight is 168 g/mol. The minimum atomic E-state index is -0.993. The van der Waals surface area contributed by atoms with E-state index in [0.717, 1.165) is 0 Å². The minimum absolute atomic E-state index is 0.270. The second-order valence-corrected chi connectivity index (χ2v) is 2.40. The molecule has 0 amide bonds. The summed E-state index contributed by atoms with van der Waals surface area (Å²) in [6, 6.07) is 1.18. The summed E-state index contributed by atoms with van der Waals surface area (Å²) in [6.45, 7) is 1.48. The number of nitrogens with one attached hydrogen (secondary N) is 1. The van der Waals surface area contributed by atoms with Crippen LogP contribution < -0.4 is 5.56 Å². The molecule has 1 heterocycles. The van der Waals surface area contributed by atoms with Gasteiger partial charge in [0.2, 0.25) is 0 Å². The molecular formula is C7H8N2O3. The standard InChI is InChI=1S/C7H8N2O3/c1-4(7(11)12)5-2-6(10)9-3-8-5/h2-4H,1H3,(H,11,12)(H,8,9,10). The number of carbonyl (C=O) groups is 1. The summed E-state index contributed by atoms with van der Waals surface area (Å²) in [5.41, 5.74) is -0.0700. The maximum Gasteiger partial charge on any atom is 0.312 e. The number of H-pyrrole nitrogens is 1. The first-order valence-electron chi connectivity index (χ1n) is 3.38. The van der Waals surface area contributed by atoms with Crippen LogP contribution in [0, 0.1) is 0 Å². The summed E-state index contributed by atoms with van der Waals surface area (Å²) in [7, 11) is 0. The van der Waals surface area contributed by atoms with Crippen molar-refractivity contribution in [3.63, 3.8) is 0 Å². The first kappa shape index (κ1) is 8.45. The summed E-state index contributed by atoms with van der Waals surface area (Å²) in [4.78, 5) is 27.2. The Morgan fingerprint density at radius 3 is 2.92 bits per heavy atom. The predicted molar refractivity (Wildman–Crippen MR) is 40.9 cm³/mol. The van der Waals surface area contributed by atoms with Gasteiger partial charge in [-0.1, -0.05) is 0 Å². The number of carboxylic acid groups (broad SMARTS) is 1. The van der Waals surface area contributed by atoms with E-state index in [4.69, 9.17) is 5.11 Å². The van der Waals surface area contributed by atoms with Gasteiger partial charge >= 0.3 is 5.97 Å². The van der Waals surface area contributed by atoms with Crippen LogP contribution in [0.5, 0.6) is 0 Å². The van der Waals surface area contributed by atoms with Crippen molar-refractivity contribution in [2.45, 2.75) is 12.8 Å². The Morgan fingerprint density at radius 2 is 2.42 bits per heavy atom. The van der Waals surface area contributed by atoms with Crippen molar-refractivity contribution in [1.29, 1.82) is 0 Å². The average Bonchev–Trinajstić information content (AvgIpc) is 2.03. The molecule has 2 N–H and O–H groups in total. The second-order valence-electron chi connectivity index (χ2n) is 2.40. The molecule has 1 atom stereocenters. The number of carboxylic acids is 1. The van der Waals surface area contributed by atoms with E-state index in [1.54, 1.807) is 0 Å². The zero-order valence-electron chi connectivity index (χ0n) is 6.44. The number of nitrogens with zero attached hydrogens (tertiary/aromatic N) is 1. The Kier molecular flexibility index (Phi) is 2.23. The van der Waals surface area contributed by atoms with E-state index in [1.807, 2.05) is 0 Å². The van der Waals surface area contributed by atoms with Gasteiger partial charge in [-0.25, -0.2) is 4.98 Å². The molecule has 12 heavy (non-hydrogen) atoms. The second kappa shape index (κ2) is 3.17. The van der Waals surface area contributed by atoms with Crippen LogP contribution in [0.3, 0.4) is 0 Å². The van der Waals surface area contributed by atoms with Crippen molar-refractivity contribution in [3.8, 4) is 0 Å². The molecule has 0 saturated heterocycles. The lowest BCUT2D eigenvalue weighted by Crippen LogP contribution is -2.14. The van der Waals surface area contributed by atoms with Gasteiger partial charge in [-0.15, -0.1) is 0 Å². The van der Waals surface area contributed by atoms with Crippen molar-refractivity contribution in [1.82, 2.24) is 9.97 Å². The first-order valence-corrected chi connectivity index (χ1v) is 3.38. The fourth-order valence-corrected chi connectivity index (χ4v) is 0.747. The highest BCUT2D eigenvalue weighted by atomic mass is 16.4. The monoisotopic (exact) mass is 168 g/mol. The SMILES string of the molecule is CC(C(=O)O)c1cc(=O)[nH]cn1. The smallest absolute Gasteiger partial charge is 0.312 e. The molecule has 1 unspecified atom stereocenters. The fourth-order valence-electron chi connectivity index (χ4n) is 0.747. The van der Waals surface area contributed by atoms with E-state index in [1.165, 1.54) is 19.3 Å². The number of hydrogen-bond acceptors (Lipinski definition) is 3. The predicted octanol–water partition coefficient (Wildman–Crippen LogP) is -0.0420. The van der Waals surface area contributed by atoms with Crippen molar-refractivity contribution < 1.29 is 9.90 Å². The zero-order chi connectivity index (χ0) is 9.14. The molecule has 64 valence electrons. The quantitative estimate of drug-likeness (QED) is 0.648. The number of aromatic amines is 1. The van der Waals surface area contributed by atoms with Gasteiger partial charge in [0.15, 0.2) is 0 Å². The Labute approximate surface area is 68.1 Å². The third-order valence-corrected chi connectivity index (χ3v) is 1.51. The van der Waals surface area contributed by atoms with Crippen LogP contribution in [0.4, 0.5) is 0 Å². The molecule has 0 spiro atoms. The van der Waals surface area contributed by atoms with Gasteiger partial charge in [-0.3, -0.25) is 9.59 Å². The lowest BCUT2D eigenvalue weighted by Gasteiger charge is -2.02. The Hall–Kier alpha value is -1.65. The van der Waals surface area contributed by atoms with Crippen LogP contribution in [0.2, 0.25) is 0 Å². The van der Waals surface area contributed by atoms with E-state index in [0.29, 0.717) is 0 Å². The van der Waals surface area contributed by atoms with E-state index in [2.05, 4.69) is 9.97 Å². The first-order chi connectivity index (χ1) is 5.61. The number of aromatic nitrogens is 2.